The van der Waals surface area contributed by atoms with Crippen molar-refractivity contribution in [3.8, 4) is 17.1 Å². The predicted molar refractivity (Wildman–Crippen MR) is 604 cm³/mol. The minimum atomic E-state index is -0.863. The lowest BCUT2D eigenvalue weighted by Crippen LogP contribution is -2.33. The fourth-order valence-electron chi connectivity index (χ4n) is 15.9. The van der Waals surface area contributed by atoms with E-state index in [0.717, 1.165) is 106 Å². The van der Waals surface area contributed by atoms with Gasteiger partial charge in [0.1, 0.15) is 67.3 Å². The molecule has 33 nitrogen and oxygen atoms in total. The summed E-state index contributed by atoms with van der Waals surface area (Å²) in [7, 11) is 9.68. The maximum atomic E-state index is 14.2. The zero-order valence-corrected chi connectivity index (χ0v) is 94.1. The summed E-state index contributed by atoms with van der Waals surface area (Å²) in [5.74, 6) is -4.22. The van der Waals surface area contributed by atoms with Gasteiger partial charge in [0, 0.05) is 65.9 Å². The molecule has 149 heavy (non-hydrogen) atoms. The van der Waals surface area contributed by atoms with Crippen LogP contribution in [0.2, 0.25) is 0 Å². The Morgan fingerprint density at radius 1 is 0.268 bits per heavy atom. The highest BCUT2D eigenvalue weighted by atomic mass is 32.1. The van der Waals surface area contributed by atoms with Crippen molar-refractivity contribution >= 4 is 181 Å². The van der Waals surface area contributed by atoms with Gasteiger partial charge in [-0.1, -0.05) is 120 Å². The Bertz CT molecular complexity index is 6910. The van der Waals surface area contributed by atoms with E-state index >= 15 is 0 Å². The lowest BCUT2D eigenvalue weighted by atomic mass is 9.99. The highest BCUT2D eigenvalue weighted by Crippen LogP contribution is 2.35. The number of nitrogens with zero attached hydrogens (tertiary/aromatic N) is 19. The highest BCUT2D eigenvalue weighted by Gasteiger charge is 2.38. The van der Waals surface area contributed by atoms with Gasteiger partial charge in [-0.05, 0) is 197 Å². The number of carbonyl (C=O) groups excluding carboxylic acids is 2. The lowest BCUT2D eigenvalue weighted by Gasteiger charge is -2.13. The zero-order valence-electron chi connectivity index (χ0n) is 88.1. The molecule has 0 aliphatic carbocycles. The molecule has 0 fully saturated rings. The van der Waals surface area contributed by atoms with Crippen LogP contribution in [0.1, 0.15) is 98.6 Å². The largest absolute Gasteiger partial charge is 0.485 e. The zero-order chi connectivity index (χ0) is 103. The van der Waals surface area contributed by atoms with Gasteiger partial charge < -0.3 is 56.8 Å². The van der Waals surface area contributed by atoms with E-state index in [1.54, 1.807) is 49.9 Å². The van der Waals surface area contributed by atoms with Gasteiger partial charge in [-0.3, -0.25) is 14.5 Å². The van der Waals surface area contributed by atoms with E-state index in [9.17, 15) is 27.2 Å². The number of imide groups is 1. The Morgan fingerprint density at radius 3 is 0.886 bits per heavy atom. The van der Waals surface area contributed by atoms with Crippen molar-refractivity contribution in [1.82, 2.24) is 94.9 Å². The monoisotopic (exact) mass is 2170 g/mol. The average molecular weight is 2170 g/mol. The van der Waals surface area contributed by atoms with Crippen molar-refractivity contribution < 1.29 is 84.0 Å². The number of carbonyl (C=O) groups is 2. The molecular weight excluding hydrogens is 2030 g/mol. The summed E-state index contributed by atoms with van der Waals surface area (Å²) in [4.78, 5) is 33.7. The summed E-state index contributed by atoms with van der Waals surface area (Å²) in [6.07, 6.45) is 0. The standard InChI is InChI=1S/C17H17F2N3O2.2C17H21N3O2.C15H19NO4.C14H13N3.C13H17F2N3O2.C13H19N3O2.6H2S/c1-10-4-5-11(2)16-15(10)20-22(21-16)12-8-13(18)17(14(19)9-12)24-7-6-23-3;1-12-14-6-4-5-7-15(14)13(2)17-16(12)18-19-20(17)8-9-22-11-10-21-3;1-12-14-6-4-5-7-15(14)13(2)17-16(12)18-20(19-17)8-9-22-11-10-21-3;1-10-4-5-11(2)13-12(10)14(17)16(15(13)18)6-7-20-9-8-19-3;1-10-8-9-11(2)14-13(10)15-17(16-14)12-6-4-3-5-7-12;1-8-10(14)11(15)9(2)13-12(8)16-18(17-13)4-5-20-7-6-19-3;1-10-4-5-11(2)13-12(10)14-16(15-13)6-7-18-9-8-17-3;;;;;;/h4-5,8-9H,6-7H2,1-3H3;2*4-7H,8-11H2,1-3H3;4-5H,6-9H2,1-3H3;3-9H,1-2H3;4-7H2,1-3H3;4-5H,6-9H2,1-3H3;6*1H2. The number of aromatic nitrogens is 18. The quantitative estimate of drug-likeness (QED) is 0.0200. The number of halogens is 4. The third-order valence-corrected chi connectivity index (χ3v) is 24.0. The molecule has 0 bridgehead atoms. The minimum Gasteiger partial charge on any atom is -0.485 e. The van der Waals surface area contributed by atoms with E-state index in [2.05, 4.69) is 189 Å². The number of fused-ring (bicyclic) bond motifs is 9. The van der Waals surface area contributed by atoms with Crippen molar-refractivity contribution in [2.24, 2.45) is 0 Å². The minimum absolute atomic E-state index is 0. The molecular formula is C106H139F4N19O14S6. The van der Waals surface area contributed by atoms with Gasteiger partial charge in [0.15, 0.2) is 29.0 Å². The van der Waals surface area contributed by atoms with Gasteiger partial charge in [0.2, 0.25) is 0 Å². The number of ether oxygens (including phenoxy) is 12. The molecule has 0 unspecified atom stereocenters. The molecule has 0 radical (unpaired) electrons. The summed E-state index contributed by atoms with van der Waals surface area (Å²) in [6, 6.07) is 45.1. The molecule has 0 saturated carbocycles. The number of benzene rings is 11. The number of hydrogen-bond donors (Lipinski definition) is 0. The normalized spacial score (nSPS) is 11.3. The first-order chi connectivity index (χ1) is 69.1. The Kier molecular flexibility index (Phi) is 52.4. The topological polar surface area (TPSA) is 332 Å². The van der Waals surface area contributed by atoms with Crippen LogP contribution in [-0.2, 0) is 78.3 Å². The average Bonchev–Trinajstić information content (AvgIpc) is 0.895. The third-order valence-electron chi connectivity index (χ3n) is 24.0. The summed E-state index contributed by atoms with van der Waals surface area (Å²) >= 11 is 0. The molecule has 6 aromatic heterocycles. The lowest BCUT2D eigenvalue weighted by molar-refractivity contribution is 0.0459. The molecule has 43 heteroatoms. The molecule has 0 N–H and O–H groups in total. The number of aryl methyl sites for hydroxylation is 14. The number of methoxy groups -OCH3 is 6. The molecule has 0 spiro atoms. The van der Waals surface area contributed by atoms with Crippen molar-refractivity contribution in [2.75, 3.05) is 162 Å². The Balaban J connectivity index is 0.000000264. The van der Waals surface area contributed by atoms with Crippen LogP contribution in [0.25, 0.3) is 99.1 Å². The van der Waals surface area contributed by atoms with Crippen molar-refractivity contribution in [1.29, 1.82) is 0 Å². The molecule has 1 aliphatic rings. The molecule has 1 aliphatic heterocycles. The van der Waals surface area contributed by atoms with Crippen LogP contribution in [0.15, 0.2) is 140 Å². The Hall–Kier alpha value is -11.3. The summed E-state index contributed by atoms with van der Waals surface area (Å²) in [5.41, 5.74) is 25.7. The van der Waals surface area contributed by atoms with Gasteiger partial charge in [0.25, 0.3) is 11.8 Å². The van der Waals surface area contributed by atoms with Crippen molar-refractivity contribution in [3.05, 3.63) is 252 Å². The first-order valence-electron chi connectivity index (χ1n) is 47.1. The van der Waals surface area contributed by atoms with Crippen LogP contribution in [0, 0.1) is 120 Å². The molecule has 806 valence electrons. The maximum absolute atomic E-state index is 14.2. The molecule has 17 aromatic rings. The fourth-order valence-corrected chi connectivity index (χ4v) is 15.9. The molecule has 0 saturated heterocycles. The van der Waals surface area contributed by atoms with Crippen LogP contribution in [-0.4, -0.2) is 268 Å². The highest BCUT2D eigenvalue weighted by molar-refractivity contribution is 7.60. The first-order valence-corrected chi connectivity index (χ1v) is 47.1. The van der Waals surface area contributed by atoms with Gasteiger partial charge in [-0.25, -0.2) is 22.2 Å². The van der Waals surface area contributed by atoms with Crippen LogP contribution < -0.4 is 4.74 Å². The van der Waals surface area contributed by atoms with E-state index in [1.807, 2.05) is 87.0 Å². The summed E-state index contributed by atoms with van der Waals surface area (Å²) in [5, 5.41) is 58.1. The van der Waals surface area contributed by atoms with Gasteiger partial charge >= 0.3 is 0 Å². The maximum Gasteiger partial charge on any atom is 0.261 e. The predicted octanol–water partition coefficient (Wildman–Crippen LogP) is 18.0. The molecule has 18 rings (SSSR count). The second-order valence-corrected chi connectivity index (χ2v) is 34.1. The number of rotatable bonds is 36. The van der Waals surface area contributed by atoms with Crippen LogP contribution in [0.5, 0.6) is 5.75 Å². The van der Waals surface area contributed by atoms with E-state index in [0.29, 0.717) is 158 Å². The van der Waals surface area contributed by atoms with Gasteiger partial charge in [-0.15, -0.1) is 25.5 Å². The van der Waals surface area contributed by atoms with Crippen LogP contribution in [0.4, 0.5) is 17.6 Å². The summed E-state index contributed by atoms with van der Waals surface area (Å²) in [6.45, 7) is 38.3. The van der Waals surface area contributed by atoms with Crippen LogP contribution in [0.3, 0.4) is 0 Å². The van der Waals surface area contributed by atoms with E-state index < -0.39 is 29.0 Å². The number of amides is 2. The second-order valence-electron chi connectivity index (χ2n) is 34.1. The molecule has 11 aromatic carbocycles. The smallest absolute Gasteiger partial charge is 0.261 e. The SMILES string of the molecule is COCCOCCN1C(=O)c2c(C)ccc(C)c2C1=O.COCCOCCn1nc2c(C)c(F)c(F)c(C)c2n1.COCCOCCn1nc2c(C)c3ccccc3c(C)c2n1.COCCOCCn1nc2c(C)ccc(C)c2n1.COCCOCCn1nnc2c(C)c3ccccc3c(C)c21.COCCOc1c(F)cc(-n2nc3c(C)ccc(C)c3n2)cc1F.Cc1ccc(C)c2nn(-c3ccccc3)nc12.S.S.S.S.S.S. The Labute approximate surface area is 906 Å². The van der Waals surface area contributed by atoms with Crippen molar-refractivity contribution in [3.63, 3.8) is 0 Å². The summed E-state index contributed by atoms with van der Waals surface area (Å²) < 4.78 is 119. The van der Waals surface area contributed by atoms with Gasteiger partial charge in [0.05, 0.1) is 166 Å². The van der Waals surface area contributed by atoms with Crippen molar-refractivity contribution in [2.45, 2.75) is 123 Å². The molecule has 0 atom stereocenters. The van der Waals surface area contributed by atoms with E-state index in [4.69, 9.17) is 56.8 Å². The fraction of sp³-hybridized carbons (Fsp3) is 0.396. The number of hydrogen-bond acceptors (Lipinski definition) is 26. The van der Waals surface area contributed by atoms with Gasteiger partial charge in [-0.2, -0.15) is 136 Å². The first kappa shape index (κ1) is 126. The molecule has 7 heterocycles. The Morgan fingerprint density at radius 2 is 0.544 bits per heavy atom. The molecule has 2 amide bonds. The van der Waals surface area contributed by atoms with E-state index in [1.165, 1.54) is 79.2 Å². The van der Waals surface area contributed by atoms with Crippen LogP contribution >= 0.6 is 81.0 Å². The number of para-hydroxylation sites is 1. The second kappa shape index (κ2) is 61.8. The van der Waals surface area contributed by atoms with E-state index in [-0.39, 0.29) is 129 Å². The third kappa shape index (κ3) is 31.7.